The van der Waals surface area contributed by atoms with Crippen LogP contribution in [-0.4, -0.2) is 13.1 Å². The highest BCUT2D eigenvalue weighted by atomic mass is 14.9. The molecule has 0 aromatic heterocycles. The average molecular weight is 217 g/mol. The van der Waals surface area contributed by atoms with E-state index in [0.29, 0.717) is 0 Å². The van der Waals surface area contributed by atoms with E-state index in [1.54, 1.807) is 0 Å². The summed E-state index contributed by atoms with van der Waals surface area (Å²) in [6.45, 7) is 2.39. The molecule has 1 heteroatoms. The van der Waals surface area contributed by atoms with Crippen LogP contribution in [0.4, 0.5) is 0 Å². The first-order valence-corrected chi connectivity index (χ1v) is 6.50. The summed E-state index contributed by atoms with van der Waals surface area (Å²) in [7, 11) is 2.11. The summed E-state index contributed by atoms with van der Waals surface area (Å²) >= 11 is 0. The molecule has 1 saturated carbocycles. The number of hydrogen-bond acceptors (Lipinski definition) is 1. The topological polar surface area (TPSA) is 12.0 Å². The van der Waals surface area contributed by atoms with Crippen molar-refractivity contribution in [2.75, 3.05) is 7.05 Å². The lowest BCUT2D eigenvalue weighted by atomic mass is 9.76. The van der Waals surface area contributed by atoms with E-state index in [0.717, 1.165) is 17.9 Å². The van der Waals surface area contributed by atoms with Gasteiger partial charge in [0.15, 0.2) is 0 Å². The Hall–Kier alpha value is -0.820. The molecule has 3 unspecified atom stereocenters. The summed E-state index contributed by atoms with van der Waals surface area (Å²) in [4.78, 5) is 0. The fourth-order valence-electron chi connectivity index (χ4n) is 3.02. The predicted octanol–water partition coefficient (Wildman–Crippen LogP) is 3.25. The van der Waals surface area contributed by atoms with Gasteiger partial charge >= 0.3 is 0 Å². The molecule has 1 aromatic rings. The third-order valence-corrected chi connectivity index (χ3v) is 3.96. The zero-order valence-electron chi connectivity index (χ0n) is 10.4. The number of nitrogens with one attached hydrogen (secondary N) is 1. The quantitative estimate of drug-likeness (QED) is 0.819. The second kappa shape index (κ2) is 5.49. The number of hydrogen-bond donors (Lipinski definition) is 1. The molecule has 0 heterocycles. The summed E-state index contributed by atoms with van der Waals surface area (Å²) in [5.41, 5.74) is 1.49. The van der Waals surface area contributed by atoms with Gasteiger partial charge in [-0.15, -0.1) is 0 Å². The largest absolute Gasteiger partial charge is 0.317 e. The minimum Gasteiger partial charge on any atom is -0.317 e. The molecule has 1 aromatic carbocycles. The van der Waals surface area contributed by atoms with Gasteiger partial charge in [-0.1, -0.05) is 37.3 Å². The van der Waals surface area contributed by atoms with Gasteiger partial charge < -0.3 is 5.32 Å². The van der Waals surface area contributed by atoms with Crippen molar-refractivity contribution in [1.29, 1.82) is 0 Å². The van der Waals surface area contributed by atoms with Gasteiger partial charge in [-0.2, -0.15) is 0 Å². The normalized spacial score (nSPS) is 30.2. The smallest absolute Gasteiger partial charge is 0.00957 e. The molecule has 16 heavy (non-hydrogen) atoms. The lowest BCUT2D eigenvalue weighted by Crippen LogP contribution is -2.39. The van der Waals surface area contributed by atoms with Crippen LogP contribution in [0.3, 0.4) is 0 Å². The summed E-state index contributed by atoms with van der Waals surface area (Å²) < 4.78 is 0. The van der Waals surface area contributed by atoms with Crippen molar-refractivity contribution in [2.24, 2.45) is 11.8 Å². The maximum absolute atomic E-state index is 3.49. The second-order valence-electron chi connectivity index (χ2n) is 5.26. The van der Waals surface area contributed by atoms with Crippen molar-refractivity contribution in [3.63, 3.8) is 0 Å². The molecule has 1 aliphatic carbocycles. The fraction of sp³-hybridized carbons (Fsp3) is 0.600. The maximum Gasteiger partial charge on any atom is 0.00957 e. The van der Waals surface area contributed by atoms with Crippen LogP contribution in [0.5, 0.6) is 0 Å². The number of rotatable bonds is 3. The minimum absolute atomic E-state index is 0.719. The zero-order valence-corrected chi connectivity index (χ0v) is 10.4. The van der Waals surface area contributed by atoms with Gasteiger partial charge in [-0.25, -0.2) is 0 Å². The molecule has 1 aliphatic rings. The molecule has 0 aliphatic heterocycles. The molecular weight excluding hydrogens is 194 g/mol. The van der Waals surface area contributed by atoms with E-state index in [1.807, 2.05) is 0 Å². The third-order valence-electron chi connectivity index (χ3n) is 3.96. The fourth-order valence-corrected chi connectivity index (χ4v) is 3.02. The SMILES string of the molecule is CNC1CCC(C)CC1Cc1ccccc1. The third kappa shape index (κ3) is 2.85. The van der Waals surface area contributed by atoms with E-state index in [4.69, 9.17) is 0 Å². The van der Waals surface area contributed by atoms with Crippen LogP contribution in [0, 0.1) is 11.8 Å². The van der Waals surface area contributed by atoms with Gasteiger partial charge in [0, 0.05) is 6.04 Å². The van der Waals surface area contributed by atoms with Gasteiger partial charge in [0.25, 0.3) is 0 Å². The van der Waals surface area contributed by atoms with E-state index in [9.17, 15) is 0 Å². The van der Waals surface area contributed by atoms with Gasteiger partial charge in [0.2, 0.25) is 0 Å². The van der Waals surface area contributed by atoms with Crippen LogP contribution in [0.2, 0.25) is 0 Å². The maximum atomic E-state index is 3.49. The lowest BCUT2D eigenvalue weighted by molar-refractivity contribution is 0.220. The summed E-state index contributed by atoms with van der Waals surface area (Å²) in [5.74, 6) is 1.72. The van der Waals surface area contributed by atoms with Crippen molar-refractivity contribution < 1.29 is 0 Å². The Morgan fingerprint density at radius 2 is 1.94 bits per heavy atom. The molecule has 0 saturated heterocycles. The Morgan fingerprint density at radius 1 is 1.19 bits per heavy atom. The molecule has 3 atom stereocenters. The molecule has 1 fully saturated rings. The Bertz CT molecular complexity index is 306. The van der Waals surface area contributed by atoms with E-state index in [2.05, 4.69) is 49.6 Å². The van der Waals surface area contributed by atoms with Crippen LogP contribution in [0.15, 0.2) is 30.3 Å². The highest BCUT2D eigenvalue weighted by molar-refractivity contribution is 5.15. The van der Waals surface area contributed by atoms with Gasteiger partial charge in [0.1, 0.15) is 0 Å². The van der Waals surface area contributed by atoms with Crippen molar-refractivity contribution >= 4 is 0 Å². The molecule has 1 nitrogen and oxygen atoms in total. The summed E-state index contributed by atoms with van der Waals surface area (Å²) in [6, 6.07) is 11.6. The van der Waals surface area contributed by atoms with Crippen molar-refractivity contribution in [3.05, 3.63) is 35.9 Å². The van der Waals surface area contributed by atoms with E-state index < -0.39 is 0 Å². The molecule has 0 amide bonds. The minimum atomic E-state index is 0.719. The summed E-state index contributed by atoms with van der Waals surface area (Å²) in [5, 5.41) is 3.49. The Labute approximate surface area is 99.3 Å². The molecule has 2 rings (SSSR count). The van der Waals surface area contributed by atoms with Crippen LogP contribution < -0.4 is 5.32 Å². The first kappa shape index (κ1) is 11.7. The van der Waals surface area contributed by atoms with Crippen LogP contribution in [0.1, 0.15) is 31.7 Å². The Balaban J connectivity index is 2.01. The van der Waals surface area contributed by atoms with Crippen LogP contribution >= 0.6 is 0 Å². The monoisotopic (exact) mass is 217 g/mol. The average Bonchev–Trinajstić information content (AvgIpc) is 2.31. The van der Waals surface area contributed by atoms with Crippen LogP contribution in [0.25, 0.3) is 0 Å². The van der Waals surface area contributed by atoms with Crippen LogP contribution in [-0.2, 0) is 6.42 Å². The lowest BCUT2D eigenvalue weighted by Gasteiger charge is -2.35. The van der Waals surface area contributed by atoms with E-state index in [-0.39, 0.29) is 0 Å². The van der Waals surface area contributed by atoms with Gasteiger partial charge in [-0.05, 0) is 50.1 Å². The molecule has 0 spiro atoms. The molecule has 0 bridgehead atoms. The zero-order chi connectivity index (χ0) is 11.4. The first-order valence-electron chi connectivity index (χ1n) is 6.50. The molecule has 1 N–H and O–H groups in total. The molecule has 0 radical (unpaired) electrons. The van der Waals surface area contributed by atoms with Crippen molar-refractivity contribution in [2.45, 2.75) is 38.6 Å². The van der Waals surface area contributed by atoms with E-state index >= 15 is 0 Å². The van der Waals surface area contributed by atoms with E-state index in [1.165, 1.54) is 31.2 Å². The van der Waals surface area contributed by atoms with Crippen molar-refractivity contribution in [1.82, 2.24) is 5.32 Å². The Morgan fingerprint density at radius 3 is 2.62 bits per heavy atom. The molecule has 88 valence electrons. The second-order valence-corrected chi connectivity index (χ2v) is 5.26. The van der Waals surface area contributed by atoms with Crippen molar-refractivity contribution in [3.8, 4) is 0 Å². The first-order chi connectivity index (χ1) is 7.79. The summed E-state index contributed by atoms with van der Waals surface area (Å²) in [6.07, 6.45) is 5.34. The Kier molecular flexibility index (Phi) is 4.00. The molecular formula is C15H23N. The predicted molar refractivity (Wildman–Crippen MR) is 69.5 cm³/mol. The number of benzene rings is 1. The highest BCUT2D eigenvalue weighted by Gasteiger charge is 2.27. The highest BCUT2D eigenvalue weighted by Crippen LogP contribution is 2.31. The standard InChI is InChI=1S/C15H23N/c1-12-8-9-15(16-2)14(10-12)11-13-6-4-3-5-7-13/h3-7,12,14-16H,8-11H2,1-2H3. The van der Waals surface area contributed by atoms with Gasteiger partial charge in [-0.3, -0.25) is 0 Å². The van der Waals surface area contributed by atoms with Gasteiger partial charge in [0.05, 0.1) is 0 Å².